The molecule has 0 bridgehead atoms. The van der Waals surface area contributed by atoms with Crippen LogP contribution in [-0.2, 0) is 9.59 Å². The lowest BCUT2D eigenvalue weighted by Gasteiger charge is -2.28. The molecule has 0 rings (SSSR count). The molecule has 0 unspecified atom stereocenters. The van der Waals surface area contributed by atoms with Crippen molar-refractivity contribution < 1.29 is 14.1 Å². The number of likely N-dealkylation sites (N-methyl/N-ethyl adjacent to an activating group) is 1. The number of amides is 1. The average Bonchev–Trinajstić information content (AvgIpc) is 2.48. The van der Waals surface area contributed by atoms with E-state index >= 15 is 0 Å². The normalized spacial score (nSPS) is 11.8. The number of nitrogens with zero attached hydrogens (tertiary/aromatic N) is 1. The van der Waals surface area contributed by atoms with Crippen molar-refractivity contribution in [2.75, 3.05) is 33.7 Å². The number of allylic oxidation sites excluding steroid dienone is 1. The maximum absolute atomic E-state index is 11.7. The fourth-order valence-electron chi connectivity index (χ4n) is 2.84. The molecule has 0 radical (unpaired) electrons. The summed E-state index contributed by atoms with van der Waals surface area (Å²) >= 11 is 0. The first-order valence-corrected chi connectivity index (χ1v) is 9.60. The molecular formula is C20H39N2O2+. The number of carbonyl (C=O) groups is 2. The van der Waals surface area contributed by atoms with Gasteiger partial charge in [-0.1, -0.05) is 51.2 Å². The Kier molecular flexibility index (Phi) is 13.5. The first-order chi connectivity index (χ1) is 11.4. The highest BCUT2D eigenvalue weighted by atomic mass is 16.1. The van der Waals surface area contributed by atoms with Crippen LogP contribution >= 0.6 is 0 Å². The lowest BCUT2D eigenvalue weighted by Crippen LogP contribution is -2.44. The minimum atomic E-state index is 0.0890. The smallest absolute Gasteiger partial charge is 0.223 e. The number of unbranched alkanes of at least 4 members (excludes halogenated alkanes) is 6. The predicted molar refractivity (Wildman–Crippen MR) is 102 cm³/mol. The van der Waals surface area contributed by atoms with Gasteiger partial charge in [-0.15, -0.1) is 0 Å². The van der Waals surface area contributed by atoms with E-state index in [4.69, 9.17) is 0 Å². The molecule has 1 N–H and O–H groups in total. The highest BCUT2D eigenvalue weighted by Gasteiger charge is 2.16. The summed E-state index contributed by atoms with van der Waals surface area (Å²) in [5, 5.41) is 2.95. The van der Waals surface area contributed by atoms with Crippen molar-refractivity contribution in [3.05, 3.63) is 12.2 Å². The predicted octanol–water partition coefficient (Wildman–Crippen LogP) is 3.86. The van der Waals surface area contributed by atoms with Gasteiger partial charge in [0, 0.05) is 26.3 Å². The van der Waals surface area contributed by atoms with Crippen molar-refractivity contribution in [2.24, 2.45) is 0 Å². The van der Waals surface area contributed by atoms with Crippen LogP contribution in [0.25, 0.3) is 0 Å². The van der Waals surface area contributed by atoms with Gasteiger partial charge >= 0.3 is 0 Å². The number of ketones is 1. The van der Waals surface area contributed by atoms with Crippen LogP contribution in [0, 0.1) is 0 Å². The van der Waals surface area contributed by atoms with E-state index in [1.807, 2.05) is 20.2 Å². The summed E-state index contributed by atoms with van der Waals surface area (Å²) in [5.41, 5.74) is 0. The Bertz CT molecular complexity index is 376. The standard InChI is InChI=1S/C20H38N2O2/c1-5-6-7-8-9-10-11-12-13-15-20(24)21-16-14-17-22(3,4)18-19(2)23/h12-13H,5-11,14-18H2,1-4H3/p+1/b13-12-. The van der Waals surface area contributed by atoms with Crippen LogP contribution in [0.15, 0.2) is 12.2 Å². The van der Waals surface area contributed by atoms with Gasteiger partial charge in [0.25, 0.3) is 0 Å². The van der Waals surface area contributed by atoms with Gasteiger partial charge in [-0.05, 0) is 12.8 Å². The zero-order valence-corrected chi connectivity index (χ0v) is 16.4. The number of hydrogen-bond donors (Lipinski definition) is 1. The molecule has 4 nitrogen and oxygen atoms in total. The first kappa shape index (κ1) is 22.8. The van der Waals surface area contributed by atoms with Gasteiger partial charge in [0.15, 0.2) is 5.78 Å². The number of quaternary nitrogens is 1. The minimum Gasteiger partial charge on any atom is -0.356 e. The summed E-state index contributed by atoms with van der Waals surface area (Å²) in [4.78, 5) is 22.9. The van der Waals surface area contributed by atoms with Crippen LogP contribution in [-0.4, -0.2) is 49.9 Å². The van der Waals surface area contributed by atoms with Crippen LogP contribution in [0.3, 0.4) is 0 Å². The lowest BCUT2D eigenvalue weighted by atomic mass is 10.1. The van der Waals surface area contributed by atoms with E-state index in [1.54, 1.807) is 6.92 Å². The third kappa shape index (κ3) is 15.7. The van der Waals surface area contributed by atoms with Gasteiger partial charge in [0.2, 0.25) is 5.91 Å². The number of nitrogens with one attached hydrogen (secondary N) is 1. The Morgan fingerprint density at radius 3 is 2.29 bits per heavy atom. The van der Waals surface area contributed by atoms with Crippen molar-refractivity contribution in [1.82, 2.24) is 5.32 Å². The fraction of sp³-hybridized carbons (Fsp3) is 0.800. The van der Waals surface area contributed by atoms with E-state index < -0.39 is 0 Å². The molecule has 4 heteroatoms. The maximum atomic E-state index is 11.7. The molecule has 0 aromatic rings. The van der Waals surface area contributed by atoms with E-state index in [1.165, 1.54) is 38.5 Å². The minimum absolute atomic E-state index is 0.0890. The molecule has 1 amide bonds. The van der Waals surface area contributed by atoms with Crippen LogP contribution in [0.2, 0.25) is 0 Å². The van der Waals surface area contributed by atoms with Gasteiger partial charge in [-0.3, -0.25) is 9.59 Å². The highest BCUT2D eigenvalue weighted by Crippen LogP contribution is 2.07. The number of hydrogen-bond acceptors (Lipinski definition) is 2. The van der Waals surface area contributed by atoms with Crippen LogP contribution in [0.4, 0.5) is 0 Å². The molecule has 0 aliphatic heterocycles. The molecule has 24 heavy (non-hydrogen) atoms. The zero-order valence-electron chi connectivity index (χ0n) is 16.4. The molecule has 0 fully saturated rings. The molecule has 0 spiro atoms. The quantitative estimate of drug-likeness (QED) is 0.280. The second kappa shape index (κ2) is 14.2. The van der Waals surface area contributed by atoms with Crippen molar-refractivity contribution >= 4 is 11.7 Å². The molecule has 0 saturated carbocycles. The number of rotatable bonds is 15. The SMILES string of the molecule is CCCCCCCC/C=C\CC(=O)NCCC[N+](C)(C)CC(C)=O. The maximum Gasteiger partial charge on any atom is 0.223 e. The Morgan fingerprint density at radius 1 is 0.958 bits per heavy atom. The first-order valence-electron chi connectivity index (χ1n) is 9.60. The number of Topliss-reactive ketones (excluding diaryl/α,β-unsaturated/α-hetero) is 1. The number of carbonyl (C=O) groups excluding carboxylic acids is 2. The summed E-state index contributed by atoms with van der Waals surface area (Å²) in [6.07, 6.45) is 14.4. The Hall–Kier alpha value is -1.16. The van der Waals surface area contributed by atoms with Crippen molar-refractivity contribution in [3.8, 4) is 0 Å². The summed E-state index contributed by atoms with van der Waals surface area (Å²) in [6.45, 7) is 5.99. The van der Waals surface area contributed by atoms with Gasteiger partial charge in [0.1, 0.15) is 6.54 Å². The molecule has 0 atom stereocenters. The van der Waals surface area contributed by atoms with Crippen molar-refractivity contribution in [2.45, 2.75) is 71.6 Å². The van der Waals surface area contributed by atoms with Gasteiger partial charge in [0.05, 0.1) is 20.6 Å². The Balaban J connectivity index is 3.56. The largest absolute Gasteiger partial charge is 0.356 e. The molecular weight excluding hydrogens is 300 g/mol. The Labute approximate surface area is 149 Å². The van der Waals surface area contributed by atoms with E-state index in [9.17, 15) is 9.59 Å². The highest BCUT2D eigenvalue weighted by molar-refractivity contribution is 5.77. The van der Waals surface area contributed by atoms with Gasteiger partial charge < -0.3 is 9.80 Å². The summed E-state index contributed by atoms with van der Waals surface area (Å²) < 4.78 is 0.684. The fourth-order valence-corrected chi connectivity index (χ4v) is 2.84. The van der Waals surface area contributed by atoms with Crippen LogP contribution < -0.4 is 5.32 Å². The molecule has 0 aromatic heterocycles. The van der Waals surface area contributed by atoms with Gasteiger partial charge in [-0.25, -0.2) is 0 Å². The van der Waals surface area contributed by atoms with Crippen molar-refractivity contribution in [3.63, 3.8) is 0 Å². The third-order valence-electron chi connectivity index (χ3n) is 4.11. The second-order valence-electron chi connectivity index (χ2n) is 7.45. The Morgan fingerprint density at radius 2 is 1.62 bits per heavy atom. The lowest BCUT2D eigenvalue weighted by molar-refractivity contribution is -0.882. The van der Waals surface area contributed by atoms with E-state index in [0.717, 1.165) is 19.4 Å². The molecule has 0 saturated heterocycles. The van der Waals surface area contributed by atoms with Crippen molar-refractivity contribution in [1.29, 1.82) is 0 Å². The van der Waals surface area contributed by atoms with Crippen LogP contribution in [0.5, 0.6) is 0 Å². The molecule has 140 valence electrons. The zero-order chi connectivity index (χ0) is 18.3. The molecule has 0 aromatic carbocycles. The van der Waals surface area contributed by atoms with E-state index in [2.05, 4.69) is 18.3 Å². The second-order valence-corrected chi connectivity index (χ2v) is 7.45. The molecule has 0 aliphatic carbocycles. The summed E-state index contributed by atoms with van der Waals surface area (Å²) in [7, 11) is 4.10. The third-order valence-corrected chi connectivity index (χ3v) is 4.11. The van der Waals surface area contributed by atoms with Gasteiger partial charge in [-0.2, -0.15) is 0 Å². The molecule has 0 heterocycles. The van der Waals surface area contributed by atoms with E-state index in [-0.39, 0.29) is 11.7 Å². The summed E-state index contributed by atoms with van der Waals surface area (Å²) in [6, 6.07) is 0. The monoisotopic (exact) mass is 339 g/mol. The average molecular weight is 340 g/mol. The molecule has 0 aliphatic rings. The topological polar surface area (TPSA) is 46.2 Å². The van der Waals surface area contributed by atoms with Crippen LogP contribution in [0.1, 0.15) is 71.6 Å². The van der Waals surface area contributed by atoms with E-state index in [0.29, 0.717) is 24.0 Å². The summed E-state index contributed by atoms with van der Waals surface area (Å²) in [5.74, 6) is 0.297.